The van der Waals surface area contributed by atoms with E-state index in [0.29, 0.717) is 5.75 Å². The van der Waals surface area contributed by atoms with Gasteiger partial charge in [-0.2, -0.15) is 5.11 Å². The fourth-order valence-corrected chi connectivity index (χ4v) is 0.846. The first-order valence-corrected chi connectivity index (χ1v) is 3.69. The van der Waals surface area contributed by atoms with Gasteiger partial charge in [-0.25, -0.2) is 0 Å². The number of ether oxygens (including phenoxy) is 2. The van der Waals surface area contributed by atoms with Gasteiger partial charge in [-0.1, -0.05) is 0 Å². The van der Waals surface area contributed by atoms with Crippen LogP contribution in [0, 0.1) is 0 Å². The zero-order valence-electron chi connectivity index (χ0n) is 7.11. The van der Waals surface area contributed by atoms with E-state index in [1.54, 1.807) is 31.4 Å². The fourth-order valence-electron chi connectivity index (χ4n) is 0.846. The number of methoxy groups -OCH3 is 1. The van der Waals surface area contributed by atoms with Crippen LogP contribution >= 0.6 is 0 Å². The lowest BCUT2D eigenvalue weighted by atomic mass is 10.3. The van der Waals surface area contributed by atoms with Crippen LogP contribution in [0.1, 0.15) is 6.92 Å². The van der Waals surface area contributed by atoms with Gasteiger partial charge < -0.3 is 9.47 Å². The van der Waals surface area contributed by atoms with E-state index < -0.39 is 6.29 Å². The van der Waals surface area contributed by atoms with E-state index in [0.717, 1.165) is 5.75 Å². The van der Waals surface area contributed by atoms with E-state index >= 15 is 0 Å². The molecule has 12 heavy (non-hydrogen) atoms. The van der Waals surface area contributed by atoms with Crippen molar-refractivity contribution in [1.29, 1.82) is 0 Å². The van der Waals surface area contributed by atoms with Gasteiger partial charge in [0.05, 0.1) is 7.11 Å². The summed E-state index contributed by atoms with van der Waals surface area (Å²) in [5.41, 5.74) is 0. The summed E-state index contributed by atoms with van der Waals surface area (Å²) in [7, 11) is 1.59. The number of rotatable bonds is 3. The number of benzene rings is 1. The third-order valence-electron chi connectivity index (χ3n) is 1.36. The minimum atomic E-state index is -1.03. The Hall–Kier alpha value is -1.22. The molecule has 0 heterocycles. The molecule has 0 amide bonds. The SMILES string of the molecule is COc1ccc(OC(C)[O])cc1. The Labute approximate surface area is 71.5 Å². The van der Waals surface area contributed by atoms with Crippen LogP contribution in [-0.2, 0) is 5.11 Å². The first kappa shape index (κ1) is 8.87. The zero-order valence-corrected chi connectivity index (χ0v) is 7.11. The van der Waals surface area contributed by atoms with Crippen LogP contribution < -0.4 is 9.47 Å². The minimum absolute atomic E-state index is 0.568. The largest absolute Gasteiger partial charge is 0.497 e. The lowest BCUT2D eigenvalue weighted by molar-refractivity contribution is -0.0553. The van der Waals surface area contributed by atoms with Crippen LogP contribution in [0.4, 0.5) is 0 Å². The third-order valence-corrected chi connectivity index (χ3v) is 1.36. The standard InChI is InChI=1S/C9H11O3/c1-7(10)12-9-5-3-8(11-2)4-6-9/h3-7H,1-2H3. The maximum Gasteiger partial charge on any atom is 0.228 e. The molecule has 0 saturated heterocycles. The molecule has 0 aromatic heterocycles. The summed E-state index contributed by atoms with van der Waals surface area (Å²) in [5, 5.41) is 10.6. The van der Waals surface area contributed by atoms with Gasteiger partial charge in [-0.3, -0.25) is 0 Å². The predicted octanol–water partition coefficient (Wildman–Crippen LogP) is 1.85. The number of hydrogen-bond donors (Lipinski definition) is 0. The van der Waals surface area contributed by atoms with E-state index in [9.17, 15) is 5.11 Å². The Balaban J connectivity index is 2.65. The highest BCUT2D eigenvalue weighted by molar-refractivity contribution is 5.31. The molecular formula is C9H11O3. The lowest BCUT2D eigenvalue weighted by Crippen LogP contribution is -2.07. The normalized spacial score (nSPS) is 12.2. The average Bonchev–Trinajstić information content (AvgIpc) is 2.05. The van der Waals surface area contributed by atoms with E-state index in [2.05, 4.69) is 0 Å². The van der Waals surface area contributed by atoms with Gasteiger partial charge in [0.25, 0.3) is 0 Å². The van der Waals surface area contributed by atoms with Crippen LogP contribution in [-0.4, -0.2) is 13.4 Å². The topological polar surface area (TPSA) is 38.4 Å². The molecule has 3 nitrogen and oxygen atoms in total. The van der Waals surface area contributed by atoms with E-state index in [-0.39, 0.29) is 0 Å². The van der Waals surface area contributed by atoms with Crippen LogP contribution in [0.3, 0.4) is 0 Å². The fraction of sp³-hybridized carbons (Fsp3) is 0.333. The molecule has 1 aromatic rings. The van der Waals surface area contributed by atoms with Gasteiger partial charge in [-0.05, 0) is 24.3 Å². The van der Waals surface area contributed by atoms with Crippen molar-refractivity contribution in [2.45, 2.75) is 13.2 Å². The van der Waals surface area contributed by atoms with E-state index in [4.69, 9.17) is 9.47 Å². The maximum atomic E-state index is 10.6. The van der Waals surface area contributed by atoms with E-state index in [1.807, 2.05) is 0 Å². The monoisotopic (exact) mass is 167 g/mol. The molecule has 0 spiro atoms. The molecule has 1 radical (unpaired) electrons. The Morgan fingerprint density at radius 2 is 1.67 bits per heavy atom. The molecule has 3 heteroatoms. The molecule has 0 aliphatic rings. The van der Waals surface area contributed by atoms with Crippen LogP contribution in [0.5, 0.6) is 11.5 Å². The van der Waals surface area contributed by atoms with Crippen molar-refractivity contribution in [3.8, 4) is 11.5 Å². The Bertz CT molecular complexity index is 228. The second-order valence-corrected chi connectivity index (χ2v) is 2.36. The van der Waals surface area contributed by atoms with Crippen molar-refractivity contribution in [3.63, 3.8) is 0 Å². The van der Waals surface area contributed by atoms with Crippen molar-refractivity contribution >= 4 is 0 Å². The summed E-state index contributed by atoms with van der Waals surface area (Å²) in [5.74, 6) is 1.32. The molecule has 1 aromatic carbocycles. The van der Waals surface area contributed by atoms with Gasteiger partial charge >= 0.3 is 0 Å². The molecule has 1 atom stereocenters. The van der Waals surface area contributed by atoms with Crippen molar-refractivity contribution in [2.75, 3.05) is 7.11 Å². The Morgan fingerprint density at radius 3 is 2.08 bits per heavy atom. The molecule has 65 valence electrons. The summed E-state index contributed by atoms with van der Waals surface area (Å²) < 4.78 is 9.84. The highest BCUT2D eigenvalue weighted by Gasteiger charge is 1.99. The van der Waals surface area contributed by atoms with Gasteiger partial charge in [-0.15, -0.1) is 0 Å². The van der Waals surface area contributed by atoms with Crippen molar-refractivity contribution in [1.82, 2.24) is 0 Å². The molecule has 0 aliphatic carbocycles. The Kier molecular flexibility index (Phi) is 2.94. The maximum absolute atomic E-state index is 10.6. The Morgan fingerprint density at radius 1 is 1.17 bits per heavy atom. The number of hydrogen-bond acceptors (Lipinski definition) is 2. The highest BCUT2D eigenvalue weighted by atomic mass is 16.6. The lowest BCUT2D eigenvalue weighted by Gasteiger charge is -2.06. The average molecular weight is 167 g/mol. The summed E-state index contributed by atoms with van der Waals surface area (Å²) in [6, 6.07) is 6.90. The molecule has 0 aliphatic heterocycles. The highest BCUT2D eigenvalue weighted by Crippen LogP contribution is 2.17. The van der Waals surface area contributed by atoms with Crippen LogP contribution in [0.15, 0.2) is 24.3 Å². The van der Waals surface area contributed by atoms with Crippen molar-refractivity contribution < 1.29 is 14.6 Å². The molecule has 0 fully saturated rings. The third kappa shape index (κ3) is 2.43. The van der Waals surface area contributed by atoms with Crippen molar-refractivity contribution in [2.24, 2.45) is 0 Å². The summed E-state index contributed by atoms with van der Waals surface area (Å²) >= 11 is 0. The predicted molar refractivity (Wildman–Crippen MR) is 43.8 cm³/mol. The van der Waals surface area contributed by atoms with Gasteiger partial charge in [0.1, 0.15) is 11.5 Å². The molecule has 0 saturated carbocycles. The molecular weight excluding hydrogens is 156 g/mol. The second-order valence-electron chi connectivity index (χ2n) is 2.36. The molecule has 1 rings (SSSR count). The van der Waals surface area contributed by atoms with E-state index in [1.165, 1.54) is 6.92 Å². The molecule has 0 N–H and O–H groups in total. The van der Waals surface area contributed by atoms with Gasteiger partial charge in [0.2, 0.25) is 6.29 Å². The zero-order chi connectivity index (χ0) is 8.97. The van der Waals surface area contributed by atoms with Gasteiger partial charge in [0, 0.05) is 6.92 Å². The molecule has 1 unspecified atom stereocenters. The first-order valence-electron chi connectivity index (χ1n) is 3.69. The van der Waals surface area contributed by atoms with Crippen molar-refractivity contribution in [3.05, 3.63) is 24.3 Å². The summed E-state index contributed by atoms with van der Waals surface area (Å²) in [4.78, 5) is 0. The first-order chi connectivity index (χ1) is 5.72. The van der Waals surface area contributed by atoms with Crippen LogP contribution in [0.2, 0.25) is 0 Å². The van der Waals surface area contributed by atoms with Crippen LogP contribution in [0.25, 0.3) is 0 Å². The quantitative estimate of drug-likeness (QED) is 0.644. The minimum Gasteiger partial charge on any atom is -0.497 e. The smallest absolute Gasteiger partial charge is 0.228 e. The summed E-state index contributed by atoms with van der Waals surface area (Å²) in [6.45, 7) is 1.45. The summed E-state index contributed by atoms with van der Waals surface area (Å²) in [6.07, 6.45) is -1.03. The van der Waals surface area contributed by atoms with Gasteiger partial charge in [0.15, 0.2) is 0 Å². The molecule has 0 bridgehead atoms. The second kappa shape index (κ2) is 3.97.